The van der Waals surface area contributed by atoms with Gasteiger partial charge in [0.15, 0.2) is 4.96 Å². The van der Waals surface area contributed by atoms with Crippen LogP contribution in [0.25, 0.3) is 21.9 Å². The van der Waals surface area contributed by atoms with Gasteiger partial charge in [0.05, 0.1) is 23.4 Å². The molecule has 1 N–H and O–H groups in total. The second-order valence-corrected chi connectivity index (χ2v) is 10.7. The number of fused-ring (bicyclic) bond motifs is 1. The van der Waals surface area contributed by atoms with Crippen LogP contribution in [0.2, 0.25) is 0 Å². The molecule has 0 radical (unpaired) electrons. The SMILES string of the molecule is Cc1nc2scc(CC(=O)N[C@H](C)C(C)C)n2c(=O)c1-c1cc(C)n(-c2ccc(C(C)C)cc2)n1. The number of aromatic nitrogens is 4. The van der Waals surface area contributed by atoms with Crippen LogP contribution in [0.5, 0.6) is 0 Å². The molecule has 7 nitrogen and oxygen atoms in total. The van der Waals surface area contributed by atoms with Crippen LogP contribution in [0.4, 0.5) is 0 Å². The van der Waals surface area contributed by atoms with Crippen LogP contribution in [-0.4, -0.2) is 31.1 Å². The number of benzene rings is 1. The monoisotopic (exact) mass is 491 g/mol. The van der Waals surface area contributed by atoms with Crippen LogP contribution >= 0.6 is 11.3 Å². The van der Waals surface area contributed by atoms with Crippen molar-refractivity contribution in [3.63, 3.8) is 0 Å². The average molecular weight is 492 g/mol. The molecule has 35 heavy (non-hydrogen) atoms. The summed E-state index contributed by atoms with van der Waals surface area (Å²) in [6, 6.07) is 10.3. The molecule has 0 bridgehead atoms. The van der Waals surface area contributed by atoms with E-state index in [4.69, 9.17) is 5.10 Å². The molecule has 1 atom stereocenters. The zero-order chi connectivity index (χ0) is 25.4. The first-order valence-electron chi connectivity index (χ1n) is 12.0. The van der Waals surface area contributed by atoms with Crippen LogP contribution in [0, 0.1) is 19.8 Å². The minimum absolute atomic E-state index is 0.0570. The number of thiazole rings is 1. The predicted octanol–water partition coefficient (Wildman–Crippen LogP) is 5.05. The highest BCUT2D eigenvalue weighted by atomic mass is 32.1. The van der Waals surface area contributed by atoms with Gasteiger partial charge in [-0.05, 0) is 56.4 Å². The van der Waals surface area contributed by atoms with Crippen LogP contribution < -0.4 is 10.9 Å². The normalized spacial score (nSPS) is 12.6. The van der Waals surface area contributed by atoms with Gasteiger partial charge in [0.2, 0.25) is 5.91 Å². The standard InChI is InChI=1S/C27H33N5O2S/c1-15(2)18(6)28-24(33)13-22-14-35-27-29-19(7)25(26(34)31(22)27)23-12-17(5)32(30-23)21-10-8-20(9-11-21)16(3)4/h8-12,14-16,18H,13H2,1-7H3,(H,28,33)/t18-/m1/s1. The summed E-state index contributed by atoms with van der Waals surface area (Å²) in [6.45, 7) is 14.2. The highest BCUT2D eigenvalue weighted by Gasteiger charge is 2.21. The molecule has 0 aliphatic rings. The Kier molecular flexibility index (Phi) is 6.94. The molecule has 0 aliphatic heterocycles. The molecule has 0 aliphatic carbocycles. The number of carbonyl (C=O) groups excluding carboxylic acids is 1. The molecule has 0 saturated carbocycles. The van der Waals surface area contributed by atoms with Crippen molar-refractivity contribution in [3.8, 4) is 16.9 Å². The molecular formula is C27H33N5O2S. The third-order valence-electron chi connectivity index (χ3n) is 6.50. The number of carbonyl (C=O) groups is 1. The van der Waals surface area contributed by atoms with Gasteiger partial charge in [-0.25, -0.2) is 9.67 Å². The Morgan fingerprint density at radius 1 is 1.09 bits per heavy atom. The summed E-state index contributed by atoms with van der Waals surface area (Å²) in [5.74, 6) is 0.677. The molecule has 0 saturated heterocycles. The van der Waals surface area contributed by atoms with Gasteiger partial charge in [-0.2, -0.15) is 5.10 Å². The molecule has 0 fully saturated rings. The minimum atomic E-state index is -0.201. The van der Waals surface area contributed by atoms with Gasteiger partial charge >= 0.3 is 0 Å². The summed E-state index contributed by atoms with van der Waals surface area (Å²) in [6.07, 6.45) is 0.122. The fourth-order valence-electron chi connectivity index (χ4n) is 4.02. The van der Waals surface area contributed by atoms with Gasteiger partial charge in [0.1, 0.15) is 5.69 Å². The molecule has 4 aromatic rings. The number of rotatable bonds is 7. The van der Waals surface area contributed by atoms with Crippen LogP contribution in [0.15, 0.2) is 40.5 Å². The van der Waals surface area contributed by atoms with E-state index in [1.807, 2.05) is 49.0 Å². The number of amides is 1. The molecule has 1 amide bonds. The Hall–Kier alpha value is -3.26. The Morgan fingerprint density at radius 3 is 2.40 bits per heavy atom. The number of hydrogen-bond donors (Lipinski definition) is 1. The summed E-state index contributed by atoms with van der Waals surface area (Å²) in [7, 11) is 0. The zero-order valence-corrected chi connectivity index (χ0v) is 22.2. The van der Waals surface area contributed by atoms with Crippen molar-refractivity contribution in [3.05, 3.63) is 68.7 Å². The van der Waals surface area contributed by atoms with Crippen molar-refractivity contribution in [2.24, 2.45) is 5.92 Å². The Balaban J connectivity index is 1.72. The quantitative estimate of drug-likeness (QED) is 0.392. The number of aryl methyl sites for hydroxylation is 2. The minimum Gasteiger partial charge on any atom is -0.353 e. The van der Waals surface area contributed by atoms with E-state index in [0.717, 1.165) is 11.4 Å². The van der Waals surface area contributed by atoms with E-state index in [2.05, 4.69) is 50.1 Å². The largest absolute Gasteiger partial charge is 0.353 e. The second-order valence-electron chi connectivity index (χ2n) is 9.83. The zero-order valence-electron chi connectivity index (χ0n) is 21.4. The van der Waals surface area contributed by atoms with Gasteiger partial charge in [-0.15, -0.1) is 11.3 Å². The fourth-order valence-corrected chi connectivity index (χ4v) is 4.94. The Labute approximate surface area is 209 Å². The smallest absolute Gasteiger partial charge is 0.268 e. The van der Waals surface area contributed by atoms with E-state index in [-0.39, 0.29) is 23.9 Å². The lowest BCUT2D eigenvalue weighted by molar-refractivity contribution is -0.121. The molecule has 0 spiro atoms. The highest BCUT2D eigenvalue weighted by Crippen LogP contribution is 2.24. The van der Waals surface area contributed by atoms with Gasteiger partial charge in [0.25, 0.3) is 5.56 Å². The molecule has 0 unspecified atom stereocenters. The van der Waals surface area contributed by atoms with Crippen molar-refractivity contribution in [1.29, 1.82) is 0 Å². The predicted molar refractivity (Wildman–Crippen MR) is 142 cm³/mol. The maximum absolute atomic E-state index is 13.7. The number of nitrogens with zero attached hydrogens (tertiary/aromatic N) is 4. The van der Waals surface area contributed by atoms with E-state index in [9.17, 15) is 9.59 Å². The van der Waals surface area contributed by atoms with Gasteiger partial charge in [0, 0.05) is 22.8 Å². The van der Waals surface area contributed by atoms with E-state index >= 15 is 0 Å². The summed E-state index contributed by atoms with van der Waals surface area (Å²) in [5, 5.41) is 9.63. The first-order chi connectivity index (χ1) is 16.6. The molecular weight excluding hydrogens is 458 g/mol. The molecule has 3 aromatic heterocycles. The first kappa shape index (κ1) is 24.9. The third kappa shape index (κ3) is 4.93. The molecule has 3 heterocycles. The van der Waals surface area contributed by atoms with Crippen LogP contribution in [-0.2, 0) is 11.2 Å². The van der Waals surface area contributed by atoms with Crippen molar-refractivity contribution in [2.45, 2.75) is 66.8 Å². The van der Waals surface area contributed by atoms with Crippen molar-refractivity contribution < 1.29 is 4.79 Å². The highest BCUT2D eigenvalue weighted by molar-refractivity contribution is 7.15. The summed E-state index contributed by atoms with van der Waals surface area (Å²) in [5.41, 5.74) is 5.23. The maximum atomic E-state index is 13.7. The van der Waals surface area contributed by atoms with E-state index in [1.165, 1.54) is 16.9 Å². The lowest BCUT2D eigenvalue weighted by Gasteiger charge is -2.17. The van der Waals surface area contributed by atoms with Crippen molar-refractivity contribution >= 4 is 22.2 Å². The fraction of sp³-hybridized carbons (Fsp3) is 0.407. The first-order valence-corrected chi connectivity index (χ1v) is 12.9. The van der Waals surface area contributed by atoms with Gasteiger partial charge in [-0.3, -0.25) is 14.0 Å². The summed E-state index contributed by atoms with van der Waals surface area (Å²) >= 11 is 1.37. The summed E-state index contributed by atoms with van der Waals surface area (Å²) < 4.78 is 3.40. The number of nitrogens with one attached hydrogen (secondary N) is 1. The lowest BCUT2D eigenvalue weighted by Crippen LogP contribution is -2.37. The van der Waals surface area contributed by atoms with E-state index in [1.54, 1.807) is 4.40 Å². The Morgan fingerprint density at radius 2 is 1.77 bits per heavy atom. The molecule has 4 rings (SSSR count). The number of hydrogen-bond acceptors (Lipinski definition) is 5. The van der Waals surface area contributed by atoms with E-state index < -0.39 is 0 Å². The molecule has 8 heteroatoms. The van der Waals surface area contributed by atoms with Crippen LogP contribution in [0.1, 0.15) is 63.2 Å². The lowest BCUT2D eigenvalue weighted by atomic mass is 10.0. The third-order valence-corrected chi connectivity index (χ3v) is 7.37. The second kappa shape index (κ2) is 9.77. The average Bonchev–Trinajstić information content (AvgIpc) is 3.36. The van der Waals surface area contributed by atoms with Crippen molar-refractivity contribution in [2.75, 3.05) is 0 Å². The van der Waals surface area contributed by atoms with Crippen LogP contribution in [0.3, 0.4) is 0 Å². The van der Waals surface area contributed by atoms with Gasteiger partial charge in [-0.1, -0.05) is 39.8 Å². The Bertz CT molecular complexity index is 1430. The van der Waals surface area contributed by atoms with E-state index in [0.29, 0.717) is 39.4 Å². The molecule has 1 aromatic carbocycles. The maximum Gasteiger partial charge on any atom is 0.268 e. The summed E-state index contributed by atoms with van der Waals surface area (Å²) in [4.78, 5) is 31.5. The van der Waals surface area contributed by atoms with Gasteiger partial charge < -0.3 is 5.32 Å². The molecule has 184 valence electrons. The topological polar surface area (TPSA) is 81.3 Å². The van der Waals surface area contributed by atoms with Crippen molar-refractivity contribution in [1.82, 2.24) is 24.5 Å².